The second-order valence-corrected chi connectivity index (χ2v) is 5.16. The number of hydrogen-bond donors (Lipinski definition) is 3. The van der Waals surface area contributed by atoms with Gasteiger partial charge < -0.3 is 16.0 Å². The Morgan fingerprint density at radius 2 is 2.21 bits per heavy atom. The fourth-order valence-electron chi connectivity index (χ4n) is 2.30. The van der Waals surface area contributed by atoms with Crippen LogP contribution in [0.3, 0.4) is 0 Å². The molecule has 0 fully saturated rings. The molecule has 104 valence electrons. The Balaban J connectivity index is 1.97. The summed E-state index contributed by atoms with van der Waals surface area (Å²) in [5.74, 6) is 1.56. The summed E-state index contributed by atoms with van der Waals surface area (Å²) in [5.41, 5.74) is 8.47. The van der Waals surface area contributed by atoms with Gasteiger partial charge in [0.2, 0.25) is 5.95 Å². The van der Waals surface area contributed by atoms with Crippen LogP contribution in [0.2, 0.25) is 0 Å². The summed E-state index contributed by atoms with van der Waals surface area (Å²) in [4.78, 5) is 7.79. The van der Waals surface area contributed by atoms with Crippen LogP contribution in [0.1, 0.15) is 39.5 Å². The lowest BCUT2D eigenvalue weighted by atomic mass is 9.99. The summed E-state index contributed by atoms with van der Waals surface area (Å²) in [6.45, 7) is 5.47. The van der Waals surface area contributed by atoms with E-state index < -0.39 is 0 Å². The molecule has 0 saturated carbocycles. The number of nitrogen functional groups attached to an aromatic ring is 1. The Morgan fingerprint density at radius 1 is 1.37 bits per heavy atom. The standard InChI is InChI=1S/C15H24N4/c1-3-5-6-11(4-2)10-17-15-18-13-8-7-12(16)9-14(13)19-15/h7-9,11H,3-6,10,16H2,1-2H3,(H2,17,18,19). The molecule has 1 unspecified atom stereocenters. The van der Waals surface area contributed by atoms with E-state index in [2.05, 4.69) is 29.1 Å². The normalized spacial score (nSPS) is 12.7. The van der Waals surface area contributed by atoms with E-state index in [1.54, 1.807) is 0 Å². The van der Waals surface area contributed by atoms with E-state index in [0.717, 1.165) is 35.1 Å². The number of imidazole rings is 1. The molecule has 0 amide bonds. The third-order valence-electron chi connectivity index (χ3n) is 3.61. The van der Waals surface area contributed by atoms with Gasteiger partial charge in [0.05, 0.1) is 11.0 Å². The number of rotatable bonds is 7. The average Bonchev–Trinajstić information content (AvgIpc) is 2.81. The minimum atomic E-state index is 0.721. The lowest BCUT2D eigenvalue weighted by molar-refractivity contribution is 0.472. The van der Waals surface area contributed by atoms with Crippen molar-refractivity contribution in [1.29, 1.82) is 0 Å². The maximum Gasteiger partial charge on any atom is 0.201 e. The van der Waals surface area contributed by atoms with Crippen molar-refractivity contribution in [3.8, 4) is 0 Å². The summed E-state index contributed by atoms with van der Waals surface area (Å²) in [6.07, 6.45) is 5.06. The molecule has 2 rings (SSSR count). The summed E-state index contributed by atoms with van der Waals surface area (Å²) < 4.78 is 0. The van der Waals surface area contributed by atoms with Gasteiger partial charge in [-0.1, -0.05) is 33.1 Å². The van der Waals surface area contributed by atoms with Crippen molar-refractivity contribution in [3.63, 3.8) is 0 Å². The minimum absolute atomic E-state index is 0.721. The molecular weight excluding hydrogens is 236 g/mol. The van der Waals surface area contributed by atoms with Gasteiger partial charge in [0, 0.05) is 12.2 Å². The van der Waals surface area contributed by atoms with Gasteiger partial charge in [-0.15, -0.1) is 0 Å². The molecule has 1 aromatic carbocycles. The number of hydrogen-bond acceptors (Lipinski definition) is 3. The van der Waals surface area contributed by atoms with Crippen LogP contribution in [0.5, 0.6) is 0 Å². The highest BCUT2D eigenvalue weighted by atomic mass is 15.1. The van der Waals surface area contributed by atoms with Gasteiger partial charge >= 0.3 is 0 Å². The molecule has 1 heterocycles. The van der Waals surface area contributed by atoms with E-state index in [4.69, 9.17) is 5.73 Å². The van der Waals surface area contributed by atoms with Crippen molar-refractivity contribution in [2.45, 2.75) is 39.5 Å². The summed E-state index contributed by atoms with van der Waals surface area (Å²) in [7, 11) is 0. The average molecular weight is 260 g/mol. The number of fused-ring (bicyclic) bond motifs is 1. The molecule has 0 aliphatic heterocycles. The molecule has 4 N–H and O–H groups in total. The lowest BCUT2D eigenvalue weighted by Gasteiger charge is -2.14. The maximum absolute atomic E-state index is 5.76. The summed E-state index contributed by atoms with van der Waals surface area (Å²) in [6, 6.07) is 5.74. The monoisotopic (exact) mass is 260 g/mol. The molecule has 19 heavy (non-hydrogen) atoms. The highest BCUT2D eigenvalue weighted by Crippen LogP contribution is 2.18. The highest BCUT2D eigenvalue weighted by molar-refractivity contribution is 5.80. The number of anilines is 2. The van der Waals surface area contributed by atoms with Crippen molar-refractivity contribution in [1.82, 2.24) is 9.97 Å². The molecule has 0 radical (unpaired) electrons. The molecule has 4 heteroatoms. The Hall–Kier alpha value is -1.71. The largest absolute Gasteiger partial charge is 0.399 e. The number of nitrogens with zero attached hydrogens (tertiary/aromatic N) is 1. The van der Waals surface area contributed by atoms with Crippen LogP contribution in [0, 0.1) is 5.92 Å². The quantitative estimate of drug-likeness (QED) is 0.664. The Bertz CT molecular complexity index is 518. The third kappa shape index (κ3) is 3.63. The third-order valence-corrected chi connectivity index (χ3v) is 3.61. The van der Waals surface area contributed by atoms with E-state index in [1.165, 1.54) is 25.7 Å². The van der Waals surface area contributed by atoms with Crippen LogP contribution in [0.4, 0.5) is 11.6 Å². The molecule has 0 spiro atoms. The topological polar surface area (TPSA) is 66.7 Å². The van der Waals surface area contributed by atoms with Crippen LogP contribution < -0.4 is 11.1 Å². The molecule has 0 saturated heterocycles. The van der Waals surface area contributed by atoms with E-state index in [0.29, 0.717) is 0 Å². The number of nitrogens with two attached hydrogens (primary N) is 1. The van der Waals surface area contributed by atoms with E-state index >= 15 is 0 Å². The molecule has 0 aliphatic rings. The molecule has 1 atom stereocenters. The second-order valence-electron chi connectivity index (χ2n) is 5.16. The van der Waals surface area contributed by atoms with Crippen LogP contribution in [0.25, 0.3) is 11.0 Å². The predicted octanol–water partition coefficient (Wildman–Crippen LogP) is 3.77. The first-order valence-electron chi connectivity index (χ1n) is 7.22. The smallest absolute Gasteiger partial charge is 0.201 e. The molecule has 4 nitrogen and oxygen atoms in total. The maximum atomic E-state index is 5.76. The van der Waals surface area contributed by atoms with Gasteiger partial charge in [0.15, 0.2) is 0 Å². The Morgan fingerprint density at radius 3 is 2.95 bits per heavy atom. The fraction of sp³-hybridized carbons (Fsp3) is 0.533. The fourth-order valence-corrected chi connectivity index (χ4v) is 2.30. The van der Waals surface area contributed by atoms with Crippen molar-refractivity contribution in [2.24, 2.45) is 5.92 Å². The van der Waals surface area contributed by atoms with E-state index in [1.807, 2.05) is 18.2 Å². The number of H-pyrrole nitrogens is 1. The van der Waals surface area contributed by atoms with Gasteiger partial charge in [-0.05, 0) is 30.5 Å². The molecule has 0 aliphatic carbocycles. The van der Waals surface area contributed by atoms with Crippen LogP contribution in [0.15, 0.2) is 18.2 Å². The van der Waals surface area contributed by atoms with Crippen molar-refractivity contribution in [2.75, 3.05) is 17.6 Å². The summed E-state index contributed by atoms with van der Waals surface area (Å²) in [5, 5.41) is 3.41. The zero-order valence-electron chi connectivity index (χ0n) is 11.9. The number of aromatic amines is 1. The zero-order chi connectivity index (χ0) is 13.7. The summed E-state index contributed by atoms with van der Waals surface area (Å²) >= 11 is 0. The van der Waals surface area contributed by atoms with Crippen molar-refractivity contribution < 1.29 is 0 Å². The first-order valence-corrected chi connectivity index (χ1v) is 7.22. The van der Waals surface area contributed by atoms with Crippen LogP contribution in [-0.2, 0) is 0 Å². The van der Waals surface area contributed by atoms with E-state index in [-0.39, 0.29) is 0 Å². The number of nitrogens with one attached hydrogen (secondary N) is 2. The lowest BCUT2D eigenvalue weighted by Crippen LogP contribution is -2.14. The van der Waals surface area contributed by atoms with Gasteiger partial charge in [0.25, 0.3) is 0 Å². The first-order chi connectivity index (χ1) is 9.22. The molecular formula is C15H24N4. The molecule has 1 aromatic heterocycles. The van der Waals surface area contributed by atoms with Gasteiger partial charge in [-0.3, -0.25) is 0 Å². The molecule has 0 bridgehead atoms. The number of unbranched alkanes of at least 4 members (excludes halogenated alkanes) is 1. The highest BCUT2D eigenvalue weighted by Gasteiger charge is 2.07. The van der Waals surface area contributed by atoms with Gasteiger partial charge in [-0.2, -0.15) is 0 Å². The van der Waals surface area contributed by atoms with Crippen LogP contribution in [-0.4, -0.2) is 16.5 Å². The molecule has 2 aromatic rings. The van der Waals surface area contributed by atoms with Crippen LogP contribution >= 0.6 is 0 Å². The predicted molar refractivity (Wildman–Crippen MR) is 82.3 cm³/mol. The van der Waals surface area contributed by atoms with Gasteiger partial charge in [0.1, 0.15) is 0 Å². The minimum Gasteiger partial charge on any atom is -0.399 e. The second kappa shape index (κ2) is 6.45. The Labute approximate surface area is 114 Å². The first kappa shape index (κ1) is 13.7. The zero-order valence-corrected chi connectivity index (χ0v) is 11.9. The number of benzene rings is 1. The number of aromatic nitrogens is 2. The SMILES string of the molecule is CCCCC(CC)CNc1nc2ccc(N)cc2[nH]1. The van der Waals surface area contributed by atoms with E-state index in [9.17, 15) is 0 Å². The van der Waals surface area contributed by atoms with Crippen molar-refractivity contribution >= 4 is 22.7 Å². The Kier molecular flexibility index (Phi) is 4.66. The van der Waals surface area contributed by atoms with Crippen molar-refractivity contribution in [3.05, 3.63) is 18.2 Å². The van der Waals surface area contributed by atoms with Gasteiger partial charge in [-0.25, -0.2) is 4.98 Å².